The van der Waals surface area contributed by atoms with Crippen molar-refractivity contribution in [3.8, 4) is 0 Å². The van der Waals surface area contributed by atoms with Gasteiger partial charge >= 0.3 is 12.2 Å². The van der Waals surface area contributed by atoms with Gasteiger partial charge in [-0.3, -0.25) is 0 Å². The van der Waals surface area contributed by atoms with Crippen LogP contribution in [0.5, 0.6) is 0 Å². The third-order valence-electron chi connectivity index (χ3n) is 1.25. The summed E-state index contributed by atoms with van der Waals surface area (Å²) in [4.78, 5) is 20.6. The lowest BCUT2D eigenvalue weighted by Gasteiger charge is -2.05. The van der Waals surface area contributed by atoms with Crippen LogP contribution in [-0.4, -0.2) is 23.9 Å². The molecule has 0 atom stereocenters. The molecule has 0 rings (SSSR count). The van der Waals surface area contributed by atoms with Crippen LogP contribution in [0.1, 0.15) is 26.2 Å². The number of carboxylic acid groups (broad SMARTS) is 1. The number of amides is 2. The fourth-order valence-corrected chi connectivity index (χ4v) is 0.658. The summed E-state index contributed by atoms with van der Waals surface area (Å²) in [7, 11) is 0. The second-order valence-corrected chi connectivity index (χ2v) is 2.40. The van der Waals surface area contributed by atoms with Gasteiger partial charge in [0.1, 0.15) is 0 Å². The smallest absolute Gasteiger partial charge is 0.426 e. The summed E-state index contributed by atoms with van der Waals surface area (Å²) in [6.07, 6.45) is 0.707. The summed E-state index contributed by atoms with van der Waals surface area (Å²) in [5, 5.41) is 8.09. The molecule has 3 N–H and O–H groups in total. The van der Waals surface area contributed by atoms with Crippen molar-refractivity contribution in [3.05, 3.63) is 0 Å². The van der Waals surface area contributed by atoms with Gasteiger partial charge in [-0.1, -0.05) is 19.8 Å². The van der Waals surface area contributed by atoms with Crippen molar-refractivity contribution < 1.29 is 19.4 Å². The van der Waals surface area contributed by atoms with E-state index in [-0.39, 0.29) is 0 Å². The Balaban J connectivity index is 3.25. The van der Waals surface area contributed by atoms with Crippen LogP contribution in [0.25, 0.3) is 0 Å². The molecule has 0 fully saturated rings. The quantitative estimate of drug-likeness (QED) is 0.457. The van der Waals surface area contributed by atoms with Crippen molar-refractivity contribution in [2.75, 3.05) is 6.61 Å². The molecule has 13 heavy (non-hydrogen) atoms. The zero-order chi connectivity index (χ0) is 10.1. The maximum atomic E-state index is 10.7. The number of unbranched alkanes of at least 4 members (excludes halogenated alkanes) is 2. The van der Waals surface area contributed by atoms with Crippen molar-refractivity contribution in [3.63, 3.8) is 0 Å². The minimum absolute atomic E-state index is 0.307. The van der Waals surface area contributed by atoms with Crippen molar-refractivity contribution >= 4 is 12.2 Å². The average Bonchev–Trinajstić information content (AvgIpc) is 2.09. The van der Waals surface area contributed by atoms with Crippen molar-refractivity contribution in [2.45, 2.75) is 26.2 Å². The second kappa shape index (κ2) is 7.20. The summed E-state index contributed by atoms with van der Waals surface area (Å²) < 4.78 is 4.62. The van der Waals surface area contributed by atoms with E-state index in [1.807, 2.05) is 12.3 Å². The molecule has 0 radical (unpaired) electrons. The van der Waals surface area contributed by atoms with Gasteiger partial charge < -0.3 is 9.84 Å². The van der Waals surface area contributed by atoms with Crippen LogP contribution in [0.4, 0.5) is 9.59 Å². The first-order valence-corrected chi connectivity index (χ1v) is 4.08. The van der Waals surface area contributed by atoms with Crippen LogP contribution in [-0.2, 0) is 4.74 Å². The minimum Gasteiger partial charge on any atom is -0.464 e. The number of hydrogen-bond acceptors (Lipinski definition) is 3. The largest absolute Gasteiger partial charge is 0.464 e. The normalized spacial score (nSPS) is 9.00. The fourth-order valence-electron chi connectivity index (χ4n) is 0.658. The van der Waals surface area contributed by atoms with Crippen molar-refractivity contribution in [1.29, 1.82) is 0 Å². The highest BCUT2D eigenvalue weighted by molar-refractivity contribution is 5.72. The highest BCUT2D eigenvalue weighted by Crippen LogP contribution is 1.93. The third-order valence-corrected chi connectivity index (χ3v) is 1.25. The molecule has 0 spiro atoms. The minimum atomic E-state index is -1.33. The number of carbonyl (C=O) groups is 2. The average molecular weight is 190 g/mol. The Kier molecular flexibility index (Phi) is 6.39. The zero-order valence-electron chi connectivity index (χ0n) is 7.50. The van der Waals surface area contributed by atoms with Crippen LogP contribution in [0, 0.1) is 0 Å². The topological polar surface area (TPSA) is 87.7 Å². The lowest BCUT2D eigenvalue weighted by Crippen LogP contribution is -2.41. The van der Waals surface area contributed by atoms with Gasteiger partial charge in [0.05, 0.1) is 6.61 Å². The first kappa shape index (κ1) is 11.5. The molecule has 0 heterocycles. The lowest BCUT2D eigenvalue weighted by molar-refractivity contribution is 0.135. The van der Waals surface area contributed by atoms with Crippen molar-refractivity contribution in [1.82, 2.24) is 10.9 Å². The molecule has 6 nitrogen and oxygen atoms in total. The predicted molar refractivity (Wildman–Crippen MR) is 45.2 cm³/mol. The molecule has 0 saturated carbocycles. The molecule has 2 amide bonds. The zero-order valence-corrected chi connectivity index (χ0v) is 7.50. The molecule has 0 bridgehead atoms. The highest BCUT2D eigenvalue weighted by Gasteiger charge is 2.01. The second-order valence-electron chi connectivity index (χ2n) is 2.40. The van der Waals surface area contributed by atoms with E-state index in [0.29, 0.717) is 6.61 Å². The summed E-state index contributed by atoms with van der Waals surface area (Å²) in [5.41, 5.74) is 3.53. The van der Waals surface area contributed by atoms with Crippen LogP contribution in [0.3, 0.4) is 0 Å². The summed E-state index contributed by atoms with van der Waals surface area (Å²) in [6.45, 7) is 2.34. The fraction of sp³-hybridized carbons (Fsp3) is 0.714. The van der Waals surface area contributed by atoms with Gasteiger partial charge in [0.15, 0.2) is 0 Å². The Morgan fingerprint density at radius 1 is 1.31 bits per heavy atom. The van der Waals surface area contributed by atoms with Crippen LogP contribution in [0.15, 0.2) is 0 Å². The molecule has 0 aliphatic carbocycles. The van der Waals surface area contributed by atoms with E-state index in [4.69, 9.17) is 5.11 Å². The van der Waals surface area contributed by atoms with Gasteiger partial charge in [-0.25, -0.2) is 20.4 Å². The number of carbonyl (C=O) groups excluding carboxylic acids is 1. The number of rotatable bonds is 4. The van der Waals surface area contributed by atoms with Gasteiger partial charge in [-0.2, -0.15) is 0 Å². The number of hydrazine groups is 1. The van der Waals surface area contributed by atoms with Gasteiger partial charge in [0, 0.05) is 0 Å². The van der Waals surface area contributed by atoms with E-state index >= 15 is 0 Å². The Morgan fingerprint density at radius 2 is 2.00 bits per heavy atom. The van der Waals surface area contributed by atoms with Crippen LogP contribution in [0.2, 0.25) is 0 Å². The number of hydrogen-bond donors (Lipinski definition) is 3. The van der Waals surface area contributed by atoms with Crippen LogP contribution < -0.4 is 10.9 Å². The molecule has 0 aliphatic rings. The van der Waals surface area contributed by atoms with Gasteiger partial charge in [0.25, 0.3) is 0 Å². The molecule has 0 aromatic carbocycles. The van der Waals surface area contributed by atoms with Crippen molar-refractivity contribution in [2.24, 2.45) is 0 Å². The molecular weight excluding hydrogens is 176 g/mol. The Morgan fingerprint density at radius 3 is 2.54 bits per heavy atom. The van der Waals surface area contributed by atoms with Crippen LogP contribution >= 0.6 is 0 Å². The van der Waals surface area contributed by atoms with E-state index in [9.17, 15) is 9.59 Å². The first-order chi connectivity index (χ1) is 6.16. The Labute approximate surface area is 76.2 Å². The lowest BCUT2D eigenvalue weighted by atomic mass is 10.3. The SMILES string of the molecule is CCCCCOC(=O)NNC(=O)O. The number of ether oxygens (including phenoxy) is 1. The molecule has 0 aromatic rings. The van der Waals surface area contributed by atoms with Gasteiger partial charge in [-0.15, -0.1) is 0 Å². The standard InChI is InChI=1S/C7H14N2O4/c1-2-3-4-5-13-7(12)9-8-6(10)11/h8H,2-5H2,1H3,(H,9,12)(H,10,11). The van der Waals surface area contributed by atoms with E-state index in [2.05, 4.69) is 4.74 Å². The predicted octanol–water partition coefficient (Wildman–Crippen LogP) is 1.09. The van der Waals surface area contributed by atoms with E-state index in [1.165, 1.54) is 0 Å². The molecule has 6 heteroatoms. The van der Waals surface area contributed by atoms with E-state index in [0.717, 1.165) is 19.3 Å². The van der Waals surface area contributed by atoms with E-state index in [1.54, 1.807) is 5.43 Å². The molecular formula is C7H14N2O4. The molecule has 0 unspecified atom stereocenters. The molecule has 0 aromatic heterocycles. The molecule has 0 aliphatic heterocycles. The summed E-state index contributed by atoms with van der Waals surface area (Å²) >= 11 is 0. The van der Waals surface area contributed by atoms with Gasteiger partial charge in [0.2, 0.25) is 0 Å². The Hall–Kier alpha value is -1.46. The first-order valence-electron chi connectivity index (χ1n) is 4.08. The van der Waals surface area contributed by atoms with E-state index < -0.39 is 12.2 Å². The monoisotopic (exact) mass is 190 g/mol. The Bertz CT molecular complexity index is 172. The maximum Gasteiger partial charge on any atom is 0.426 e. The summed E-state index contributed by atoms with van der Waals surface area (Å²) in [6, 6.07) is 0. The maximum absolute atomic E-state index is 10.7. The third kappa shape index (κ3) is 8.45. The highest BCUT2D eigenvalue weighted by atomic mass is 16.6. The van der Waals surface area contributed by atoms with Gasteiger partial charge in [-0.05, 0) is 6.42 Å². The molecule has 0 saturated heterocycles. The molecule has 76 valence electrons. The summed E-state index contributed by atoms with van der Waals surface area (Å²) in [5.74, 6) is 0. The number of nitrogens with one attached hydrogen (secondary N) is 2.